The number of rotatable bonds is 7. The van der Waals surface area contributed by atoms with Gasteiger partial charge in [-0.2, -0.15) is 0 Å². The molecule has 3 heteroatoms. The van der Waals surface area contributed by atoms with Crippen molar-refractivity contribution >= 4 is 5.78 Å². The van der Waals surface area contributed by atoms with Gasteiger partial charge in [0, 0.05) is 6.92 Å². The van der Waals surface area contributed by atoms with Crippen LogP contribution in [-0.4, -0.2) is 16.9 Å². The summed E-state index contributed by atoms with van der Waals surface area (Å²) in [5.41, 5.74) is 0.486. The van der Waals surface area contributed by atoms with E-state index in [9.17, 15) is 4.79 Å². The molecule has 0 spiro atoms. The molecule has 0 aliphatic rings. The van der Waals surface area contributed by atoms with Crippen LogP contribution >= 0.6 is 0 Å². The van der Waals surface area contributed by atoms with E-state index >= 15 is 0 Å². The smallest absolute Gasteiger partial charge is 0.178 e. The first-order valence-corrected chi connectivity index (χ1v) is 6.31. The molecule has 0 aliphatic carbocycles. The van der Waals surface area contributed by atoms with E-state index in [1.54, 1.807) is 12.3 Å². The monoisotopic (exact) mass is 235 g/mol. The molecule has 0 atom stereocenters. The highest BCUT2D eigenvalue weighted by Crippen LogP contribution is 2.16. The van der Waals surface area contributed by atoms with E-state index in [4.69, 9.17) is 4.74 Å². The molecule has 1 rings (SSSR count). The third-order valence-corrected chi connectivity index (χ3v) is 2.62. The minimum Gasteiger partial charge on any atom is -0.489 e. The molecule has 0 unspecified atom stereocenters. The van der Waals surface area contributed by atoms with E-state index in [1.165, 1.54) is 6.92 Å². The van der Waals surface area contributed by atoms with Crippen LogP contribution in [0.5, 0.6) is 5.75 Å². The number of ketones is 1. The summed E-state index contributed by atoms with van der Waals surface area (Å²) >= 11 is 0. The zero-order valence-electron chi connectivity index (χ0n) is 10.9. The highest BCUT2D eigenvalue weighted by Gasteiger charge is 2.09. The Balaban J connectivity index is 2.62. The average Bonchev–Trinajstić information content (AvgIpc) is 2.30. The largest absolute Gasteiger partial charge is 0.489 e. The second-order valence-electron chi connectivity index (χ2n) is 4.25. The number of carbonyl (C=O) groups excluding carboxylic acids is 1. The molecule has 17 heavy (non-hydrogen) atoms. The van der Waals surface area contributed by atoms with Gasteiger partial charge in [-0.15, -0.1) is 0 Å². The molecule has 0 fully saturated rings. The number of aromatic nitrogens is 1. The molecule has 94 valence electrons. The Hall–Kier alpha value is -1.38. The molecule has 1 aromatic rings. The lowest BCUT2D eigenvalue weighted by molar-refractivity contribution is 0.101. The Morgan fingerprint density at radius 3 is 2.35 bits per heavy atom. The Morgan fingerprint density at radius 1 is 1.29 bits per heavy atom. The highest BCUT2D eigenvalue weighted by atomic mass is 16.5. The first kappa shape index (κ1) is 13.7. The summed E-state index contributed by atoms with van der Waals surface area (Å²) in [6.45, 7) is 5.83. The number of hydrogen-bond donors (Lipinski definition) is 0. The summed E-state index contributed by atoms with van der Waals surface area (Å²) < 4.78 is 5.86. The molecule has 0 radical (unpaired) electrons. The van der Waals surface area contributed by atoms with Crippen LogP contribution in [0.25, 0.3) is 0 Å². The summed E-state index contributed by atoms with van der Waals surface area (Å²) in [4.78, 5) is 15.2. The molecule has 0 aliphatic heterocycles. The molecule has 3 nitrogen and oxygen atoms in total. The van der Waals surface area contributed by atoms with Crippen molar-refractivity contribution in [1.29, 1.82) is 0 Å². The maximum atomic E-state index is 11.1. The standard InChI is InChI=1S/C14H21NO2/c1-4-6-12(7-5-2)17-13-8-9-14(11(3)16)15-10-13/h8-10,12H,4-7H2,1-3H3. The van der Waals surface area contributed by atoms with Crippen molar-refractivity contribution in [3.8, 4) is 5.75 Å². The minimum absolute atomic E-state index is 0.0183. The molecule has 0 bridgehead atoms. The normalized spacial score (nSPS) is 10.6. The lowest BCUT2D eigenvalue weighted by atomic mass is 10.1. The van der Waals surface area contributed by atoms with E-state index < -0.39 is 0 Å². The second-order valence-corrected chi connectivity index (χ2v) is 4.25. The molecule has 1 aromatic heterocycles. The number of ether oxygens (including phenoxy) is 1. The number of hydrogen-bond acceptors (Lipinski definition) is 3. The summed E-state index contributed by atoms with van der Waals surface area (Å²) in [7, 11) is 0. The van der Waals surface area contributed by atoms with Crippen LogP contribution in [0.3, 0.4) is 0 Å². The van der Waals surface area contributed by atoms with Crippen molar-refractivity contribution in [1.82, 2.24) is 4.98 Å². The zero-order chi connectivity index (χ0) is 12.7. The third-order valence-electron chi connectivity index (χ3n) is 2.62. The zero-order valence-corrected chi connectivity index (χ0v) is 10.9. The van der Waals surface area contributed by atoms with Gasteiger partial charge >= 0.3 is 0 Å². The number of Topliss-reactive ketones (excluding diaryl/α,β-unsaturated/α-hetero) is 1. The summed E-state index contributed by atoms with van der Waals surface area (Å²) in [5.74, 6) is 0.733. The van der Waals surface area contributed by atoms with E-state index in [2.05, 4.69) is 18.8 Å². The highest BCUT2D eigenvalue weighted by molar-refractivity contribution is 5.92. The van der Waals surface area contributed by atoms with Gasteiger partial charge in [-0.3, -0.25) is 4.79 Å². The molecule has 0 N–H and O–H groups in total. The van der Waals surface area contributed by atoms with Crippen LogP contribution in [0.15, 0.2) is 18.3 Å². The van der Waals surface area contributed by atoms with Gasteiger partial charge < -0.3 is 4.74 Å². The van der Waals surface area contributed by atoms with Gasteiger partial charge in [-0.25, -0.2) is 4.98 Å². The molecule has 0 aromatic carbocycles. The molecule has 0 saturated heterocycles. The fourth-order valence-corrected chi connectivity index (χ4v) is 1.76. The number of carbonyl (C=O) groups is 1. The van der Waals surface area contributed by atoms with E-state index in [0.717, 1.165) is 31.4 Å². The summed E-state index contributed by atoms with van der Waals surface area (Å²) in [6.07, 6.45) is 6.24. The fraction of sp³-hybridized carbons (Fsp3) is 0.571. The lowest BCUT2D eigenvalue weighted by Gasteiger charge is -2.17. The van der Waals surface area contributed by atoms with Gasteiger partial charge in [0.25, 0.3) is 0 Å². The van der Waals surface area contributed by atoms with Crippen molar-refractivity contribution < 1.29 is 9.53 Å². The van der Waals surface area contributed by atoms with Gasteiger partial charge in [0.15, 0.2) is 5.78 Å². The van der Waals surface area contributed by atoms with Crippen LogP contribution in [0, 0.1) is 0 Å². The lowest BCUT2D eigenvalue weighted by Crippen LogP contribution is -2.16. The molecule has 1 heterocycles. The van der Waals surface area contributed by atoms with Crippen LogP contribution in [-0.2, 0) is 0 Å². The quantitative estimate of drug-likeness (QED) is 0.677. The summed E-state index contributed by atoms with van der Waals surface area (Å²) in [5, 5.41) is 0. The SMILES string of the molecule is CCCC(CCC)Oc1ccc(C(C)=O)nc1. The third kappa shape index (κ3) is 4.55. The first-order valence-electron chi connectivity index (χ1n) is 6.31. The predicted octanol–water partition coefficient (Wildman–Crippen LogP) is 3.63. The van der Waals surface area contributed by atoms with Crippen LogP contribution in [0.4, 0.5) is 0 Å². The van der Waals surface area contributed by atoms with Gasteiger partial charge in [-0.1, -0.05) is 26.7 Å². The number of nitrogens with zero attached hydrogens (tertiary/aromatic N) is 1. The van der Waals surface area contributed by atoms with E-state index in [-0.39, 0.29) is 11.9 Å². The van der Waals surface area contributed by atoms with Crippen LogP contribution in [0.1, 0.15) is 56.9 Å². The van der Waals surface area contributed by atoms with Crippen LogP contribution < -0.4 is 4.74 Å². The Bertz CT molecular complexity index is 340. The van der Waals surface area contributed by atoms with Crippen molar-refractivity contribution in [3.63, 3.8) is 0 Å². The van der Waals surface area contributed by atoms with Crippen molar-refractivity contribution in [2.45, 2.75) is 52.6 Å². The maximum absolute atomic E-state index is 11.1. The fourth-order valence-electron chi connectivity index (χ4n) is 1.76. The predicted molar refractivity (Wildman–Crippen MR) is 68.5 cm³/mol. The Labute approximate surface area is 103 Å². The topological polar surface area (TPSA) is 39.2 Å². The first-order chi connectivity index (χ1) is 8.17. The van der Waals surface area contributed by atoms with Gasteiger partial charge in [0.05, 0.1) is 12.3 Å². The second kappa shape index (κ2) is 7.05. The van der Waals surface area contributed by atoms with Crippen LogP contribution in [0.2, 0.25) is 0 Å². The summed E-state index contributed by atoms with van der Waals surface area (Å²) in [6, 6.07) is 3.54. The maximum Gasteiger partial charge on any atom is 0.178 e. The van der Waals surface area contributed by atoms with E-state index in [0.29, 0.717) is 5.69 Å². The molecular formula is C14H21NO2. The van der Waals surface area contributed by atoms with Crippen molar-refractivity contribution in [3.05, 3.63) is 24.0 Å². The van der Waals surface area contributed by atoms with Crippen molar-refractivity contribution in [2.75, 3.05) is 0 Å². The van der Waals surface area contributed by atoms with Crippen molar-refractivity contribution in [2.24, 2.45) is 0 Å². The molecule has 0 saturated carbocycles. The molecule has 0 amide bonds. The van der Waals surface area contributed by atoms with Gasteiger partial charge in [-0.05, 0) is 25.0 Å². The molecular weight excluding hydrogens is 214 g/mol. The minimum atomic E-state index is -0.0183. The average molecular weight is 235 g/mol. The van der Waals surface area contributed by atoms with Gasteiger partial charge in [0.2, 0.25) is 0 Å². The Kier molecular flexibility index (Phi) is 5.67. The Morgan fingerprint density at radius 2 is 1.94 bits per heavy atom. The van der Waals surface area contributed by atoms with E-state index in [1.807, 2.05) is 6.07 Å². The van der Waals surface area contributed by atoms with Gasteiger partial charge in [0.1, 0.15) is 11.4 Å². The number of pyridine rings is 1.